The Kier molecular flexibility index (Phi) is 4.96. The van der Waals surface area contributed by atoms with Crippen molar-refractivity contribution in [3.63, 3.8) is 0 Å². The van der Waals surface area contributed by atoms with Crippen molar-refractivity contribution in [1.82, 2.24) is 0 Å². The molecule has 102 valence electrons. The van der Waals surface area contributed by atoms with E-state index in [-0.39, 0.29) is 6.04 Å². The van der Waals surface area contributed by atoms with Gasteiger partial charge < -0.3 is 5.32 Å². The Morgan fingerprint density at radius 2 is 1.78 bits per heavy atom. The van der Waals surface area contributed by atoms with Crippen LogP contribution in [0.1, 0.15) is 25.0 Å². The zero-order valence-corrected chi connectivity index (χ0v) is 11.8. The van der Waals surface area contributed by atoms with Gasteiger partial charge in [-0.15, -0.1) is 11.8 Å². The van der Waals surface area contributed by atoms with Crippen molar-refractivity contribution < 1.29 is 13.2 Å². The average molecular weight is 277 g/mol. The molecule has 1 nitrogen and oxygen atoms in total. The molecule has 0 aliphatic rings. The van der Waals surface area contributed by atoms with Gasteiger partial charge in [0.1, 0.15) is 0 Å². The number of alkyl halides is 3. The zero-order valence-electron chi connectivity index (χ0n) is 11.0. The first-order valence-electron chi connectivity index (χ1n) is 5.76. The van der Waals surface area contributed by atoms with Gasteiger partial charge in [0.15, 0.2) is 0 Å². The number of aryl methyl sites for hydroxylation is 2. The van der Waals surface area contributed by atoms with E-state index in [2.05, 4.69) is 5.32 Å². The van der Waals surface area contributed by atoms with E-state index in [0.717, 1.165) is 28.6 Å². The van der Waals surface area contributed by atoms with Gasteiger partial charge in [0.05, 0.1) is 5.75 Å². The maximum absolute atomic E-state index is 12.2. The van der Waals surface area contributed by atoms with Gasteiger partial charge in [0, 0.05) is 16.6 Å². The molecule has 0 aliphatic carbocycles. The second-order valence-electron chi connectivity index (χ2n) is 4.64. The quantitative estimate of drug-likeness (QED) is 0.795. The third kappa shape index (κ3) is 4.80. The maximum atomic E-state index is 12.2. The highest BCUT2D eigenvalue weighted by Crippen LogP contribution is 2.32. The summed E-state index contributed by atoms with van der Waals surface area (Å²) in [6.07, 6.45) is -4.13. The Balaban J connectivity index is 2.91. The highest BCUT2D eigenvalue weighted by molar-refractivity contribution is 7.99. The van der Waals surface area contributed by atoms with Crippen LogP contribution in [0.3, 0.4) is 0 Å². The molecule has 0 saturated carbocycles. The minimum atomic E-state index is -4.13. The van der Waals surface area contributed by atoms with Gasteiger partial charge in [0.25, 0.3) is 0 Å². The predicted octanol–water partition coefficient (Wildman–Crippen LogP) is 4.78. The molecule has 0 bridgehead atoms. The lowest BCUT2D eigenvalue weighted by molar-refractivity contribution is -0.105. The minimum absolute atomic E-state index is 0.256. The average Bonchev–Trinajstić information content (AvgIpc) is 2.18. The van der Waals surface area contributed by atoms with E-state index in [4.69, 9.17) is 0 Å². The molecule has 0 spiro atoms. The minimum Gasteiger partial charge on any atom is -0.383 e. The number of thioether (sulfide) groups is 1. The van der Waals surface area contributed by atoms with Crippen molar-refractivity contribution in [2.75, 3.05) is 11.1 Å². The molecule has 0 aliphatic heterocycles. The summed E-state index contributed by atoms with van der Waals surface area (Å²) in [4.78, 5) is 0.682. The van der Waals surface area contributed by atoms with E-state index in [0.29, 0.717) is 4.90 Å². The molecule has 0 unspecified atom stereocenters. The maximum Gasteiger partial charge on any atom is 0.398 e. The van der Waals surface area contributed by atoms with Gasteiger partial charge >= 0.3 is 6.18 Å². The van der Waals surface area contributed by atoms with Crippen LogP contribution in [0.5, 0.6) is 0 Å². The van der Waals surface area contributed by atoms with Crippen LogP contribution in [0.25, 0.3) is 0 Å². The van der Waals surface area contributed by atoms with Crippen molar-refractivity contribution in [1.29, 1.82) is 0 Å². The van der Waals surface area contributed by atoms with E-state index >= 15 is 0 Å². The monoisotopic (exact) mass is 277 g/mol. The Bertz CT molecular complexity index is 413. The number of hydrogen-bond donors (Lipinski definition) is 1. The van der Waals surface area contributed by atoms with Gasteiger partial charge in [-0.25, -0.2) is 0 Å². The van der Waals surface area contributed by atoms with E-state index < -0.39 is 11.9 Å². The van der Waals surface area contributed by atoms with Crippen molar-refractivity contribution in [2.45, 2.75) is 44.8 Å². The fourth-order valence-electron chi connectivity index (χ4n) is 1.61. The van der Waals surface area contributed by atoms with Gasteiger partial charge in [-0.05, 0) is 44.9 Å². The highest BCUT2D eigenvalue weighted by Gasteiger charge is 2.27. The summed E-state index contributed by atoms with van der Waals surface area (Å²) in [6.45, 7) is 7.80. The number of nitrogens with one attached hydrogen (secondary N) is 1. The topological polar surface area (TPSA) is 12.0 Å². The zero-order chi connectivity index (χ0) is 13.9. The fourth-order valence-corrected chi connectivity index (χ4v) is 2.42. The third-order valence-corrected chi connectivity index (χ3v) is 3.58. The lowest BCUT2D eigenvalue weighted by atomic mass is 10.1. The van der Waals surface area contributed by atoms with Crippen molar-refractivity contribution in [3.8, 4) is 0 Å². The summed E-state index contributed by atoms with van der Waals surface area (Å²) in [7, 11) is 0. The summed E-state index contributed by atoms with van der Waals surface area (Å²) in [5, 5.41) is 3.24. The molecule has 1 aromatic carbocycles. The van der Waals surface area contributed by atoms with Gasteiger partial charge in [0.2, 0.25) is 0 Å². The van der Waals surface area contributed by atoms with E-state index in [1.54, 1.807) is 6.07 Å². The first-order valence-corrected chi connectivity index (χ1v) is 6.75. The molecule has 1 N–H and O–H groups in total. The lowest BCUT2D eigenvalue weighted by Gasteiger charge is -2.16. The summed E-state index contributed by atoms with van der Waals surface area (Å²) >= 11 is 0.839. The summed E-state index contributed by atoms with van der Waals surface area (Å²) in [6, 6.07) is 3.98. The van der Waals surface area contributed by atoms with Gasteiger partial charge in [-0.2, -0.15) is 13.2 Å². The molecular weight excluding hydrogens is 259 g/mol. The summed E-state index contributed by atoms with van der Waals surface area (Å²) in [5.74, 6) is -0.849. The molecule has 0 aromatic heterocycles. The third-order valence-electron chi connectivity index (χ3n) is 2.36. The lowest BCUT2D eigenvalue weighted by Crippen LogP contribution is -2.12. The normalized spacial score (nSPS) is 12.0. The number of rotatable bonds is 4. The second kappa shape index (κ2) is 5.87. The molecule has 0 radical (unpaired) electrons. The smallest absolute Gasteiger partial charge is 0.383 e. The fraction of sp³-hybridized carbons (Fsp3) is 0.538. The Morgan fingerprint density at radius 3 is 2.28 bits per heavy atom. The first-order chi connectivity index (χ1) is 8.19. The number of hydrogen-bond acceptors (Lipinski definition) is 2. The van der Waals surface area contributed by atoms with E-state index in [9.17, 15) is 13.2 Å². The van der Waals surface area contributed by atoms with Crippen LogP contribution < -0.4 is 5.32 Å². The second-order valence-corrected chi connectivity index (χ2v) is 5.65. The van der Waals surface area contributed by atoms with Crippen molar-refractivity contribution in [3.05, 3.63) is 23.3 Å². The first kappa shape index (κ1) is 15.2. The molecular formula is C13H18F3NS. The van der Waals surface area contributed by atoms with Crippen molar-refractivity contribution >= 4 is 17.4 Å². The molecule has 5 heteroatoms. The number of benzene rings is 1. The molecule has 1 aromatic rings. The molecule has 0 heterocycles. The van der Waals surface area contributed by atoms with Crippen LogP contribution in [0, 0.1) is 13.8 Å². The largest absolute Gasteiger partial charge is 0.398 e. The predicted molar refractivity (Wildman–Crippen MR) is 71.5 cm³/mol. The highest BCUT2D eigenvalue weighted by atomic mass is 32.2. The van der Waals surface area contributed by atoms with Crippen LogP contribution in [-0.2, 0) is 0 Å². The SMILES string of the molecule is Cc1cc(C)c(SCC(F)(F)F)cc1NC(C)C. The summed E-state index contributed by atoms with van der Waals surface area (Å²) in [5.41, 5.74) is 2.84. The van der Waals surface area contributed by atoms with Gasteiger partial charge in [-0.3, -0.25) is 0 Å². The molecule has 0 amide bonds. The number of halogens is 3. The van der Waals surface area contributed by atoms with Crippen molar-refractivity contribution in [2.24, 2.45) is 0 Å². The standard InChI is InChI=1S/C13H18F3NS/c1-8(2)17-11-6-12(10(4)5-9(11)3)18-7-13(14,15)16/h5-6,8,17H,7H2,1-4H3. The Morgan fingerprint density at radius 1 is 1.17 bits per heavy atom. The van der Waals surface area contributed by atoms with E-state index in [1.165, 1.54) is 0 Å². The van der Waals surface area contributed by atoms with Crippen LogP contribution in [-0.4, -0.2) is 18.0 Å². The number of anilines is 1. The molecule has 0 fully saturated rings. The Labute approximate surface area is 110 Å². The molecule has 18 heavy (non-hydrogen) atoms. The molecule has 0 saturated heterocycles. The molecule has 0 atom stereocenters. The molecule has 1 rings (SSSR count). The van der Waals surface area contributed by atoms with Crippen LogP contribution >= 0.6 is 11.8 Å². The van der Waals surface area contributed by atoms with Crippen LogP contribution in [0.4, 0.5) is 18.9 Å². The van der Waals surface area contributed by atoms with E-state index in [1.807, 2.05) is 33.8 Å². The van der Waals surface area contributed by atoms with Crippen LogP contribution in [0.2, 0.25) is 0 Å². The van der Waals surface area contributed by atoms with Gasteiger partial charge in [-0.1, -0.05) is 6.07 Å². The Hall–Kier alpha value is -0.840. The van der Waals surface area contributed by atoms with Crippen LogP contribution in [0.15, 0.2) is 17.0 Å². The summed E-state index contributed by atoms with van der Waals surface area (Å²) < 4.78 is 36.7.